The van der Waals surface area contributed by atoms with E-state index in [4.69, 9.17) is 9.47 Å². The zero-order valence-electron chi connectivity index (χ0n) is 8.28. The summed E-state index contributed by atoms with van der Waals surface area (Å²) in [5, 5.41) is 0. The molecule has 0 heterocycles. The van der Waals surface area contributed by atoms with Crippen LogP contribution in [0.4, 0.5) is 0 Å². The van der Waals surface area contributed by atoms with Crippen molar-refractivity contribution < 1.29 is 19.0 Å². The number of hydrogen-bond acceptors (Lipinski definition) is 4. The van der Waals surface area contributed by atoms with Crippen molar-refractivity contribution >= 4 is 5.97 Å². The monoisotopic (exact) mass is 188 g/mol. The summed E-state index contributed by atoms with van der Waals surface area (Å²) in [7, 11) is 4.48. The molecule has 0 saturated carbocycles. The third-order valence-corrected chi connectivity index (χ3v) is 1.50. The van der Waals surface area contributed by atoms with E-state index in [1.165, 1.54) is 7.11 Å². The van der Waals surface area contributed by atoms with Crippen LogP contribution in [0.1, 0.15) is 12.8 Å². The Hall–Kier alpha value is -0.870. The van der Waals surface area contributed by atoms with Crippen LogP contribution in [0.15, 0.2) is 12.2 Å². The number of allylic oxidation sites excluding steroid dienone is 1. The summed E-state index contributed by atoms with van der Waals surface area (Å²) in [6, 6.07) is 0. The van der Waals surface area contributed by atoms with Crippen LogP contribution in [-0.4, -0.2) is 33.6 Å². The largest absolute Gasteiger partial charge is 0.469 e. The molecule has 0 rings (SSSR count). The number of methoxy groups -OCH3 is 3. The minimum Gasteiger partial charge on any atom is -0.469 e. The average molecular weight is 188 g/mol. The topological polar surface area (TPSA) is 44.8 Å². The highest BCUT2D eigenvalue weighted by molar-refractivity contribution is 5.69. The van der Waals surface area contributed by atoms with Gasteiger partial charge in [0.15, 0.2) is 6.29 Å². The Balaban J connectivity index is 3.55. The molecule has 0 N–H and O–H groups in total. The highest BCUT2D eigenvalue weighted by Gasteiger charge is 1.99. The van der Waals surface area contributed by atoms with Crippen LogP contribution in [0.5, 0.6) is 0 Å². The van der Waals surface area contributed by atoms with Gasteiger partial charge in [0, 0.05) is 20.6 Å². The highest BCUT2D eigenvalue weighted by atomic mass is 16.7. The second kappa shape index (κ2) is 7.76. The summed E-state index contributed by atoms with van der Waals surface area (Å²) in [6.45, 7) is 0. The van der Waals surface area contributed by atoms with Gasteiger partial charge in [-0.05, 0) is 12.5 Å². The number of carbonyl (C=O) groups excluding carboxylic acids is 1. The van der Waals surface area contributed by atoms with Crippen LogP contribution in [0.3, 0.4) is 0 Å². The van der Waals surface area contributed by atoms with Gasteiger partial charge in [-0.2, -0.15) is 0 Å². The van der Waals surface area contributed by atoms with Crippen molar-refractivity contribution in [3.05, 3.63) is 12.2 Å². The molecule has 0 aromatic carbocycles. The lowest BCUT2D eigenvalue weighted by molar-refractivity contribution is -0.140. The van der Waals surface area contributed by atoms with Crippen molar-refractivity contribution in [3.63, 3.8) is 0 Å². The standard InChI is InChI=1S/C9H16O4/c1-11-8(10)6-4-5-7-9(12-2)13-3/h5,7,9H,4,6H2,1-3H3/b7-5+. The molecule has 0 unspecified atom stereocenters. The molecule has 4 heteroatoms. The summed E-state index contributed by atoms with van der Waals surface area (Å²) in [5.41, 5.74) is 0. The first-order valence-corrected chi connectivity index (χ1v) is 4.03. The molecule has 0 atom stereocenters. The quantitative estimate of drug-likeness (QED) is 0.356. The number of esters is 1. The van der Waals surface area contributed by atoms with E-state index in [1.54, 1.807) is 20.3 Å². The Labute approximate surface area is 78.5 Å². The third-order valence-electron chi connectivity index (χ3n) is 1.50. The molecule has 0 aromatic heterocycles. The van der Waals surface area contributed by atoms with Crippen LogP contribution in [-0.2, 0) is 19.0 Å². The Morgan fingerprint density at radius 3 is 2.38 bits per heavy atom. The first-order valence-electron chi connectivity index (χ1n) is 4.03. The van der Waals surface area contributed by atoms with E-state index in [-0.39, 0.29) is 12.3 Å². The molecule has 4 nitrogen and oxygen atoms in total. The van der Waals surface area contributed by atoms with Gasteiger partial charge in [-0.3, -0.25) is 4.79 Å². The maximum Gasteiger partial charge on any atom is 0.305 e. The molecule has 0 bridgehead atoms. The van der Waals surface area contributed by atoms with E-state index in [9.17, 15) is 4.79 Å². The van der Waals surface area contributed by atoms with E-state index in [1.807, 2.05) is 6.08 Å². The third kappa shape index (κ3) is 6.31. The smallest absolute Gasteiger partial charge is 0.305 e. The van der Waals surface area contributed by atoms with E-state index >= 15 is 0 Å². The fraction of sp³-hybridized carbons (Fsp3) is 0.667. The van der Waals surface area contributed by atoms with Gasteiger partial charge < -0.3 is 14.2 Å². The van der Waals surface area contributed by atoms with Crippen LogP contribution in [0.25, 0.3) is 0 Å². The van der Waals surface area contributed by atoms with Crippen molar-refractivity contribution in [2.45, 2.75) is 19.1 Å². The predicted molar refractivity (Wildman–Crippen MR) is 48.2 cm³/mol. The molecule has 0 aliphatic carbocycles. The Kier molecular flexibility index (Phi) is 7.24. The number of carbonyl (C=O) groups is 1. The van der Waals surface area contributed by atoms with Gasteiger partial charge >= 0.3 is 5.97 Å². The van der Waals surface area contributed by atoms with E-state index in [2.05, 4.69) is 4.74 Å². The SMILES string of the molecule is COC(=O)CC/C=C/C(OC)OC. The maximum atomic E-state index is 10.7. The first-order chi connectivity index (χ1) is 6.24. The number of hydrogen-bond donors (Lipinski definition) is 0. The van der Waals surface area contributed by atoms with Crippen LogP contribution in [0, 0.1) is 0 Å². The molecule has 13 heavy (non-hydrogen) atoms. The Morgan fingerprint density at radius 2 is 1.92 bits per heavy atom. The Morgan fingerprint density at radius 1 is 1.31 bits per heavy atom. The maximum absolute atomic E-state index is 10.7. The van der Waals surface area contributed by atoms with Crippen LogP contribution in [0.2, 0.25) is 0 Å². The molecular weight excluding hydrogens is 172 g/mol. The summed E-state index contributed by atoms with van der Waals surface area (Å²) in [6.07, 6.45) is 4.26. The molecule has 76 valence electrons. The molecule has 0 spiro atoms. The lowest BCUT2D eigenvalue weighted by Gasteiger charge is -2.06. The fourth-order valence-corrected chi connectivity index (χ4v) is 0.764. The summed E-state index contributed by atoms with van der Waals surface area (Å²) >= 11 is 0. The van der Waals surface area contributed by atoms with Gasteiger partial charge in [0.25, 0.3) is 0 Å². The van der Waals surface area contributed by atoms with E-state index < -0.39 is 0 Å². The van der Waals surface area contributed by atoms with E-state index in [0.29, 0.717) is 12.8 Å². The molecule has 0 saturated heterocycles. The molecule has 0 radical (unpaired) electrons. The van der Waals surface area contributed by atoms with Gasteiger partial charge in [0.1, 0.15) is 0 Å². The molecule has 0 aromatic rings. The van der Waals surface area contributed by atoms with Crippen molar-refractivity contribution in [1.29, 1.82) is 0 Å². The predicted octanol–water partition coefficient (Wildman–Crippen LogP) is 1.11. The van der Waals surface area contributed by atoms with Crippen LogP contribution >= 0.6 is 0 Å². The zero-order chi connectivity index (χ0) is 10.1. The van der Waals surface area contributed by atoms with E-state index in [0.717, 1.165) is 0 Å². The molecular formula is C9H16O4. The second-order valence-electron chi connectivity index (χ2n) is 2.38. The normalized spacial score (nSPS) is 11.1. The van der Waals surface area contributed by atoms with Crippen LogP contribution < -0.4 is 0 Å². The summed E-state index contributed by atoms with van der Waals surface area (Å²) in [4.78, 5) is 10.7. The molecule has 0 amide bonds. The van der Waals surface area contributed by atoms with Gasteiger partial charge in [0.05, 0.1) is 7.11 Å². The number of rotatable bonds is 6. The van der Waals surface area contributed by atoms with Gasteiger partial charge in [-0.1, -0.05) is 6.08 Å². The molecule has 0 fully saturated rings. The fourth-order valence-electron chi connectivity index (χ4n) is 0.764. The lowest BCUT2D eigenvalue weighted by Crippen LogP contribution is -2.08. The van der Waals surface area contributed by atoms with Crippen molar-refractivity contribution in [2.24, 2.45) is 0 Å². The average Bonchev–Trinajstić information content (AvgIpc) is 2.18. The second-order valence-corrected chi connectivity index (χ2v) is 2.38. The molecule has 0 aliphatic heterocycles. The van der Waals surface area contributed by atoms with Crippen molar-refractivity contribution in [3.8, 4) is 0 Å². The van der Waals surface area contributed by atoms with Gasteiger partial charge in [-0.15, -0.1) is 0 Å². The van der Waals surface area contributed by atoms with Gasteiger partial charge in [0.2, 0.25) is 0 Å². The highest BCUT2D eigenvalue weighted by Crippen LogP contribution is 1.97. The number of ether oxygens (including phenoxy) is 3. The summed E-state index contributed by atoms with van der Waals surface area (Å²) in [5.74, 6) is -0.212. The Bertz CT molecular complexity index is 161. The zero-order valence-corrected chi connectivity index (χ0v) is 8.28. The lowest BCUT2D eigenvalue weighted by atomic mass is 10.3. The van der Waals surface area contributed by atoms with Crippen molar-refractivity contribution in [2.75, 3.05) is 21.3 Å². The van der Waals surface area contributed by atoms with Gasteiger partial charge in [-0.25, -0.2) is 0 Å². The minimum absolute atomic E-state index is 0.212. The minimum atomic E-state index is -0.336. The molecule has 0 aliphatic rings. The summed E-state index contributed by atoms with van der Waals surface area (Å²) < 4.78 is 14.3. The van der Waals surface area contributed by atoms with Crippen molar-refractivity contribution in [1.82, 2.24) is 0 Å². The first kappa shape index (κ1) is 12.1.